The van der Waals surface area contributed by atoms with E-state index in [2.05, 4.69) is 10.6 Å². The zero-order valence-corrected chi connectivity index (χ0v) is 11.8. The Bertz CT molecular complexity index is 495. The smallest absolute Gasteiger partial charge is 0.287 e. The second-order valence-electron chi connectivity index (χ2n) is 5.81. The molecule has 6 nitrogen and oxygen atoms in total. The third-order valence-electron chi connectivity index (χ3n) is 4.02. The van der Waals surface area contributed by atoms with Gasteiger partial charge in [0.15, 0.2) is 5.76 Å². The molecular weight excluding hydrogens is 260 g/mol. The zero-order valence-electron chi connectivity index (χ0n) is 11.8. The maximum absolute atomic E-state index is 12.0. The average Bonchev–Trinajstić information content (AvgIpc) is 2.92. The zero-order chi connectivity index (χ0) is 14.9. The summed E-state index contributed by atoms with van der Waals surface area (Å²) in [5.41, 5.74) is -0.333. The quantitative estimate of drug-likeness (QED) is 0.756. The summed E-state index contributed by atoms with van der Waals surface area (Å²) in [6.45, 7) is 5.41. The van der Waals surface area contributed by atoms with E-state index in [0.717, 1.165) is 0 Å². The summed E-state index contributed by atoms with van der Waals surface area (Å²) < 4.78 is 4.96. The van der Waals surface area contributed by atoms with Crippen molar-refractivity contribution >= 4 is 11.8 Å². The van der Waals surface area contributed by atoms with E-state index in [1.54, 1.807) is 13.0 Å². The first-order valence-corrected chi connectivity index (χ1v) is 6.65. The predicted molar refractivity (Wildman–Crippen MR) is 72.0 cm³/mol. The van der Waals surface area contributed by atoms with Gasteiger partial charge in [0, 0.05) is 11.5 Å². The van der Waals surface area contributed by atoms with Gasteiger partial charge in [-0.1, -0.05) is 13.8 Å². The summed E-state index contributed by atoms with van der Waals surface area (Å²) in [6.07, 6.45) is 1.54. The van der Waals surface area contributed by atoms with Gasteiger partial charge in [0.2, 0.25) is 5.91 Å². The summed E-state index contributed by atoms with van der Waals surface area (Å²) in [4.78, 5) is 23.8. The number of furan rings is 1. The van der Waals surface area contributed by atoms with Crippen molar-refractivity contribution in [2.45, 2.75) is 45.4 Å². The number of aliphatic hydroxyl groups excluding tert-OH is 1. The molecule has 6 heteroatoms. The van der Waals surface area contributed by atoms with Gasteiger partial charge in [-0.25, -0.2) is 0 Å². The normalized spacial score (nSPS) is 25.4. The minimum Gasteiger partial charge on any atom is -0.459 e. The highest BCUT2D eigenvalue weighted by atomic mass is 16.3. The largest absolute Gasteiger partial charge is 0.459 e. The molecule has 1 heterocycles. The Labute approximate surface area is 117 Å². The lowest BCUT2D eigenvalue weighted by atomic mass is 9.64. The van der Waals surface area contributed by atoms with Crippen LogP contribution >= 0.6 is 0 Å². The first kappa shape index (κ1) is 14.6. The maximum atomic E-state index is 12.0. The summed E-state index contributed by atoms with van der Waals surface area (Å²) in [7, 11) is 0. The van der Waals surface area contributed by atoms with E-state index in [4.69, 9.17) is 4.42 Å². The van der Waals surface area contributed by atoms with E-state index in [0.29, 0.717) is 6.42 Å². The molecule has 1 saturated carbocycles. The second kappa shape index (κ2) is 5.28. The molecule has 0 bridgehead atoms. The Morgan fingerprint density at radius 2 is 2.20 bits per heavy atom. The van der Waals surface area contributed by atoms with Crippen LogP contribution in [0.25, 0.3) is 0 Å². The molecule has 1 aliphatic carbocycles. The molecule has 1 aromatic rings. The molecule has 2 amide bonds. The number of hydrogen-bond donors (Lipinski definition) is 3. The number of carbonyl (C=O) groups excluding carboxylic acids is 2. The third kappa shape index (κ3) is 2.70. The van der Waals surface area contributed by atoms with E-state index in [1.165, 1.54) is 12.3 Å². The molecule has 110 valence electrons. The molecule has 2 rings (SSSR count). The lowest BCUT2D eigenvalue weighted by Gasteiger charge is -2.49. The molecule has 1 aromatic heterocycles. The first-order chi connectivity index (χ1) is 9.32. The number of rotatable bonds is 4. The molecule has 1 aliphatic rings. The van der Waals surface area contributed by atoms with Gasteiger partial charge in [0.05, 0.1) is 12.4 Å². The topological polar surface area (TPSA) is 91.6 Å². The van der Waals surface area contributed by atoms with Crippen molar-refractivity contribution in [2.75, 3.05) is 0 Å². The van der Waals surface area contributed by atoms with Crippen LogP contribution in [-0.4, -0.2) is 35.1 Å². The third-order valence-corrected chi connectivity index (χ3v) is 4.02. The average molecular weight is 280 g/mol. The van der Waals surface area contributed by atoms with Crippen molar-refractivity contribution in [1.29, 1.82) is 0 Å². The lowest BCUT2D eigenvalue weighted by molar-refractivity contribution is -0.130. The molecule has 3 unspecified atom stereocenters. The molecule has 3 N–H and O–H groups in total. The number of aliphatic hydroxyl groups is 1. The number of amides is 2. The number of carbonyl (C=O) groups is 2. The van der Waals surface area contributed by atoms with Crippen LogP contribution in [0.2, 0.25) is 0 Å². The van der Waals surface area contributed by atoms with Crippen molar-refractivity contribution < 1.29 is 19.1 Å². The summed E-state index contributed by atoms with van der Waals surface area (Å²) in [6, 6.07) is 2.40. The van der Waals surface area contributed by atoms with Crippen molar-refractivity contribution in [2.24, 2.45) is 5.41 Å². The van der Waals surface area contributed by atoms with Crippen LogP contribution in [0.5, 0.6) is 0 Å². The van der Waals surface area contributed by atoms with Crippen LogP contribution in [0, 0.1) is 5.41 Å². The highest BCUT2D eigenvalue weighted by Crippen LogP contribution is 2.40. The van der Waals surface area contributed by atoms with Crippen LogP contribution < -0.4 is 10.6 Å². The van der Waals surface area contributed by atoms with Gasteiger partial charge < -0.3 is 20.2 Å². The van der Waals surface area contributed by atoms with Crippen LogP contribution in [-0.2, 0) is 4.79 Å². The minimum absolute atomic E-state index is 0.0760. The molecule has 0 aliphatic heterocycles. The molecule has 0 radical (unpaired) electrons. The Hall–Kier alpha value is -1.82. The van der Waals surface area contributed by atoms with E-state index in [1.807, 2.05) is 13.8 Å². The van der Waals surface area contributed by atoms with Gasteiger partial charge in [-0.2, -0.15) is 0 Å². The van der Waals surface area contributed by atoms with Gasteiger partial charge in [-0.15, -0.1) is 0 Å². The fourth-order valence-corrected chi connectivity index (χ4v) is 2.19. The molecule has 0 aromatic carbocycles. The van der Waals surface area contributed by atoms with Gasteiger partial charge in [-0.05, 0) is 25.5 Å². The van der Waals surface area contributed by atoms with E-state index in [9.17, 15) is 14.7 Å². The molecule has 3 atom stereocenters. The predicted octanol–water partition coefficient (Wildman–Crippen LogP) is 0.673. The number of hydrogen-bond acceptors (Lipinski definition) is 4. The minimum atomic E-state index is -0.666. The van der Waals surface area contributed by atoms with Crippen LogP contribution in [0.1, 0.15) is 37.7 Å². The van der Waals surface area contributed by atoms with E-state index in [-0.39, 0.29) is 23.1 Å². The molecule has 20 heavy (non-hydrogen) atoms. The summed E-state index contributed by atoms with van der Waals surface area (Å²) in [5, 5.41) is 15.0. The van der Waals surface area contributed by atoms with E-state index < -0.39 is 18.1 Å². The monoisotopic (exact) mass is 280 g/mol. The van der Waals surface area contributed by atoms with Crippen molar-refractivity contribution in [1.82, 2.24) is 10.6 Å². The first-order valence-electron chi connectivity index (χ1n) is 6.65. The maximum Gasteiger partial charge on any atom is 0.287 e. The summed E-state index contributed by atoms with van der Waals surface area (Å²) >= 11 is 0. The van der Waals surface area contributed by atoms with Crippen LogP contribution in [0.15, 0.2) is 22.8 Å². The highest BCUT2D eigenvalue weighted by molar-refractivity contribution is 5.95. The second-order valence-corrected chi connectivity index (χ2v) is 5.81. The van der Waals surface area contributed by atoms with Gasteiger partial charge >= 0.3 is 0 Å². The van der Waals surface area contributed by atoms with Crippen molar-refractivity contribution in [3.63, 3.8) is 0 Å². The summed E-state index contributed by atoms with van der Waals surface area (Å²) in [5.74, 6) is -0.524. The molecule has 0 spiro atoms. The molecule has 1 fully saturated rings. The molecule has 0 saturated heterocycles. The van der Waals surface area contributed by atoms with Gasteiger partial charge in [0.25, 0.3) is 5.91 Å². The Morgan fingerprint density at radius 1 is 1.50 bits per heavy atom. The molecular formula is C14H20N2O4. The standard InChI is InChI=1S/C14H20N2O4/c1-8(15-13(19)9-5-4-6-20-9)12(18)16-10-7-11(17)14(10,2)3/h4-6,8,10-11,17H,7H2,1-3H3,(H,15,19)(H,16,18). The van der Waals surface area contributed by atoms with Crippen molar-refractivity contribution in [3.05, 3.63) is 24.2 Å². The van der Waals surface area contributed by atoms with Gasteiger partial charge in [0.1, 0.15) is 6.04 Å². The van der Waals surface area contributed by atoms with Crippen molar-refractivity contribution in [3.8, 4) is 0 Å². The number of nitrogens with one attached hydrogen (secondary N) is 2. The highest BCUT2D eigenvalue weighted by Gasteiger charge is 2.48. The SMILES string of the molecule is CC(NC(=O)c1ccco1)C(=O)NC1CC(O)C1(C)C. The van der Waals surface area contributed by atoms with Crippen LogP contribution in [0.3, 0.4) is 0 Å². The van der Waals surface area contributed by atoms with Crippen LogP contribution in [0.4, 0.5) is 0 Å². The Kier molecular flexibility index (Phi) is 3.85. The Morgan fingerprint density at radius 3 is 2.70 bits per heavy atom. The fourth-order valence-electron chi connectivity index (χ4n) is 2.19. The fraction of sp³-hybridized carbons (Fsp3) is 0.571. The Balaban J connectivity index is 1.85. The van der Waals surface area contributed by atoms with Gasteiger partial charge in [-0.3, -0.25) is 9.59 Å². The lowest BCUT2D eigenvalue weighted by Crippen LogP contribution is -2.63. The van der Waals surface area contributed by atoms with E-state index >= 15 is 0 Å².